The van der Waals surface area contributed by atoms with E-state index in [2.05, 4.69) is 15.2 Å². The Bertz CT molecular complexity index is 1150. The van der Waals surface area contributed by atoms with Crippen molar-refractivity contribution in [3.63, 3.8) is 0 Å². The highest BCUT2D eigenvalue weighted by atomic mass is 19.1. The van der Waals surface area contributed by atoms with Gasteiger partial charge in [-0.1, -0.05) is 0 Å². The zero-order valence-corrected chi connectivity index (χ0v) is 16.4. The number of nitrogens with one attached hydrogen (secondary N) is 1. The Morgan fingerprint density at radius 3 is 2.58 bits per heavy atom. The Labute approximate surface area is 176 Å². The summed E-state index contributed by atoms with van der Waals surface area (Å²) in [6.07, 6.45) is 3.09. The molecule has 2 aromatic carbocycles. The zero-order valence-electron chi connectivity index (χ0n) is 16.4. The van der Waals surface area contributed by atoms with E-state index in [9.17, 15) is 23.7 Å². The van der Waals surface area contributed by atoms with Gasteiger partial charge in [0.15, 0.2) is 0 Å². The van der Waals surface area contributed by atoms with Crippen molar-refractivity contribution < 1.29 is 18.5 Å². The third kappa shape index (κ3) is 4.43. The zero-order chi connectivity index (χ0) is 22.0. The summed E-state index contributed by atoms with van der Waals surface area (Å²) < 4.78 is 26.7. The molecule has 0 atom stereocenters. The van der Waals surface area contributed by atoms with Gasteiger partial charge in [-0.2, -0.15) is 0 Å². The quantitative estimate of drug-likeness (QED) is 0.497. The maximum absolute atomic E-state index is 13.7. The van der Waals surface area contributed by atoms with Crippen molar-refractivity contribution >= 4 is 33.7 Å². The Balaban J connectivity index is 1.40. The van der Waals surface area contributed by atoms with Crippen LogP contribution in [0.1, 0.15) is 0 Å². The first-order chi connectivity index (χ1) is 14.9. The highest BCUT2D eigenvalue weighted by Crippen LogP contribution is 2.33. The number of benzene rings is 2. The van der Waals surface area contributed by atoms with Gasteiger partial charge >= 0.3 is 0 Å². The van der Waals surface area contributed by atoms with E-state index in [1.165, 1.54) is 18.3 Å². The molecule has 0 saturated carbocycles. The molecule has 1 N–H and O–H groups in total. The molecule has 0 radical (unpaired) electrons. The molecule has 0 spiro atoms. The summed E-state index contributed by atoms with van der Waals surface area (Å²) in [7, 11) is 0. The van der Waals surface area contributed by atoms with Crippen molar-refractivity contribution in [3.05, 3.63) is 70.5 Å². The van der Waals surface area contributed by atoms with Crippen molar-refractivity contribution in [2.24, 2.45) is 0 Å². The number of aromatic nitrogens is 1. The lowest BCUT2D eigenvalue weighted by molar-refractivity contribution is -0.383. The molecule has 10 heteroatoms. The average molecular weight is 427 g/mol. The number of nitrogens with zero attached hydrogens (tertiary/aromatic N) is 4. The molecular weight excluding hydrogens is 408 g/mol. The maximum Gasteiger partial charge on any atom is 0.278 e. The molecule has 1 aromatic heterocycles. The lowest BCUT2D eigenvalue weighted by Gasteiger charge is -2.36. The summed E-state index contributed by atoms with van der Waals surface area (Å²) in [5.74, 6) is -1.91. The third-order valence-electron chi connectivity index (χ3n) is 5.25. The first kappa shape index (κ1) is 20.6. The van der Waals surface area contributed by atoms with Crippen molar-refractivity contribution in [2.45, 2.75) is 0 Å². The highest BCUT2D eigenvalue weighted by molar-refractivity contribution is 5.99. The Morgan fingerprint density at radius 1 is 1.10 bits per heavy atom. The van der Waals surface area contributed by atoms with E-state index in [4.69, 9.17) is 0 Å². The van der Waals surface area contributed by atoms with Gasteiger partial charge in [-0.05, 0) is 24.3 Å². The van der Waals surface area contributed by atoms with Crippen LogP contribution in [-0.4, -0.2) is 53.4 Å². The topological polar surface area (TPSA) is 91.6 Å². The van der Waals surface area contributed by atoms with Crippen LogP contribution >= 0.6 is 0 Å². The van der Waals surface area contributed by atoms with Crippen LogP contribution in [0.3, 0.4) is 0 Å². The van der Waals surface area contributed by atoms with E-state index in [0.717, 1.165) is 23.2 Å². The van der Waals surface area contributed by atoms with Crippen LogP contribution in [0.2, 0.25) is 0 Å². The van der Waals surface area contributed by atoms with Gasteiger partial charge in [-0.25, -0.2) is 8.78 Å². The van der Waals surface area contributed by atoms with Gasteiger partial charge in [0.2, 0.25) is 5.91 Å². The summed E-state index contributed by atoms with van der Waals surface area (Å²) in [5, 5.41) is 15.0. The Kier molecular flexibility index (Phi) is 5.72. The maximum atomic E-state index is 13.7. The number of rotatable bonds is 5. The summed E-state index contributed by atoms with van der Waals surface area (Å²) in [6, 6.07) is 7.97. The van der Waals surface area contributed by atoms with Crippen molar-refractivity contribution in [1.82, 2.24) is 9.88 Å². The number of anilines is 2. The molecule has 1 aliphatic heterocycles. The largest absolute Gasteiger partial charge is 0.368 e. The normalized spacial score (nSPS) is 14.6. The third-order valence-corrected chi connectivity index (χ3v) is 5.25. The minimum Gasteiger partial charge on any atom is -0.368 e. The number of amides is 1. The van der Waals surface area contributed by atoms with E-state index in [-0.39, 0.29) is 23.8 Å². The molecular formula is C21H19F2N5O3. The van der Waals surface area contributed by atoms with Crippen LogP contribution in [0.25, 0.3) is 10.8 Å². The predicted octanol–water partition coefficient (Wildman–Crippen LogP) is 3.18. The van der Waals surface area contributed by atoms with Gasteiger partial charge in [0.05, 0.1) is 22.5 Å². The number of carbonyl (C=O) groups excluding carboxylic acids is 1. The number of hydrogen-bond donors (Lipinski definition) is 1. The number of nitro benzene ring substituents is 1. The number of hydrogen-bond acceptors (Lipinski definition) is 6. The second kappa shape index (κ2) is 8.60. The monoisotopic (exact) mass is 427 g/mol. The van der Waals surface area contributed by atoms with Gasteiger partial charge in [0.25, 0.3) is 5.69 Å². The van der Waals surface area contributed by atoms with E-state index in [0.29, 0.717) is 31.6 Å². The van der Waals surface area contributed by atoms with E-state index < -0.39 is 16.6 Å². The van der Waals surface area contributed by atoms with Gasteiger partial charge in [-0.3, -0.25) is 24.8 Å². The number of carbonyl (C=O) groups is 1. The molecule has 0 aliphatic carbocycles. The minimum absolute atomic E-state index is 0.00943. The summed E-state index contributed by atoms with van der Waals surface area (Å²) >= 11 is 0. The number of nitro groups is 1. The van der Waals surface area contributed by atoms with Crippen LogP contribution in [-0.2, 0) is 4.79 Å². The first-order valence-electron chi connectivity index (χ1n) is 9.65. The Hall–Kier alpha value is -3.66. The second-order valence-electron chi connectivity index (χ2n) is 7.22. The van der Waals surface area contributed by atoms with Gasteiger partial charge in [0.1, 0.15) is 11.6 Å². The van der Waals surface area contributed by atoms with Crippen LogP contribution < -0.4 is 10.2 Å². The second-order valence-corrected chi connectivity index (χ2v) is 7.22. The first-order valence-corrected chi connectivity index (χ1v) is 9.65. The molecule has 1 saturated heterocycles. The van der Waals surface area contributed by atoms with E-state index >= 15 is 0 Å². The van der Waals surface area contributed by atoms with E-state index in [1.807, 2.05) is 4.90 Å². The van der Waals surface area contributed by atoms with Crippen LogP contribution in [0.4, 0.5) is 25.8 Å². The molecule has 0 bridgehead atoms. The minimum atomic E-state index is -0.822. The fourth-order valence-corrected chi connectivity index (χ4v) is 3.72. The summed E-state index contributed by atoms with van der Waals surface area (Å²) in [5.41, 5.74) is 0.826. The standard InChI is InChI=1S/C21H19F2N5O3/c22-14-1-2-18(17(23)11-14)25-21(29)13-26-7-9-27(10-8-26)19-3-4-20(28(30)31)16-12-24-6-5-15(16)19/h1-6,11-12H,7-10,13H2,(H,25,29). The van der Waals surface area contributed by atoms with Crippen molar-refractivity contribution in [2.75, 3.05) is 42.9 Å². The SMILES string of the molecule is O=C(CN1CCN(c2ccc([N+](=O)[O-])c3cnccc23)CC1)Nc1ccc(F)cc1F. The van der Waals surface area contributed by atoms with Crippen LogP contribution in [0, 0.1) is 21.7 Å². The highest BCUT2D eigenvalue weighted by Gasteiger charge is 2.23. The van der Waals surface area contributed by atoms with Gasteiger partial charge < -0.3 is 10.2 Å². The molecule has 8 nitrogen and oxygen atoms in total. The lowest BCUT2D eigenvalue weighted by Crippen LogP contribution is -2.48. The number of halogens is 2. The number of non-ortho nitro benzene ring substituents is 1. The molecule has 1 amide bonds. The number of pyridine rings is 1. The smallest absolute Gasteiger partial charge is 0.278 e. The van der Waals surface area contributed by atoms with Crippen molar-refractivity contribution in [3.8, 4) is 0 Å². The van der Waals surface area contributed by atoms with Crippen LogP contribution in [0.5, 0.6) is 0 Å². The predicted molar refractivity (Wildman–Crippen MR) is 112 cm³/mol. The average Bonchev–Trinajstić information content (AvgIpc) is 2.75. The number of fused-ring (bicyclic) bond motifs is 1. The lowest BCUT2D eigenvalue weighted by atomic mass is 10.1. The van der Waals surface area contributed by atoms with Gasteiger partial charge in [-0.15, -0.1) is 0 Å². The Morgan fingerprint density at radius 2 is 1.87 bits per heavy atom. The summed E-state index contributed by atoms with van der Waals surface area (Å²) in [6.45, 7) is 2.49. The molecule has 0 unspecified atom stereocenters. The fraction of sp³-hybridized carbons (Fsp3) is 0.238. The molecule has 31 heavy (non-hydrogen) atoms. The molecule has 3 aromatic rings. The molecule has 1 fully saturated rings. The number of piperazine rings is 1. The van der Waals surface area contributed by atoms with E-state index in [1.54, 1.807) is 18.3 Å². The van der Waals surface area contributed by atoms with Gasteiger partial charge in [0, 0.05) is 61.8 Å². The fourth-order valence-electron chi connectivity index (χ4n) is 3.72. The van der Waals surface area contributed by atoms with Crippen molar-refractivity contribution in [1.29, 1.82) is 0 Å². The molecule has 160 valence electrons. The molecule has 4 rings (SSSR count). The molecule has 1 aliphatic rings. The summed E-state index contributed by atoms with van der Waals surface area (Å²) in [4.78, 5) is 31.2. The molecule has 2 heterocycles. The van der Waals surface area contributed by atoms with Crippen LogP contribution in [0.15, 0.2) is 48.8 Å².